The molecule has 0 atom stereocenters. The zero-order valence-corrected chi connectivity index (χ0v) is 18.6. The quantitative estimate of drug-likeness (QED) is 0.535. The van der Waals surface area contributed by atoms with Crippen LogP contribution >= 0.6 is 0 Å². The zero-order chi connectivity index (χ0) is 20.6. The highest BCUT2D eigenvalue weighted by atomic mass is 32.2. The molecule has 1 aliphatic heterocycles. The number of likely N-dealkylation sites (tertiary alicyclic amines) is 1. The van der Waals surface area contributed by atoms with E-state index in [1.165, 1.54) is 32.4 Å². The minimum Gasteiger partial charge on any atom is -0.355 e. The molecule has 0 radical (unpaired) electrons. The predicted octanol–water partition coefficient (Wildman–Crippen LogP) is 2.41. The monoisotopic (exact) mass is 408 g/mol. The molecule has 0 unspecified atom stereocenters. The summed E-state index contributed by atoms with van der Waals surface area (Å²) in [6, 6.07) is 7.23. The van der Waals surface area contributed by atoms with E-state index < -0.39 is 9.84 Å². The van der Waals surface area contributed by atoms with Crippen LogP contribution in [0.1, 0.15) is 45.6 Å². The van der Waals surface area contributed by atoms with Crippen molar-refractivity contribution in [1.29, 1.82) is 0 Å². The van der Waals surface area contributed by atoms with E-state index in [4.69, 9.17) is 0 Å². The molecule has 158 valence electrons. The maximum Gasteiger partial charge on any atom is 0.191 e. The van der Waals surface area contributed by atoms with Crippen molar-refractivity contribution in [2.24, 2.45) is 4.99 Å². The largest absolute Gasteiger partial charge is 0.355 e. The van der Waals surface area contributed by atoms with E-state index in [0.29, 0.717) is 17.4 Å². The van der Waals surface area contributed by atoms with Gasteiger partial charge in [0.1, 0.15) is 0 Å². The Labute approximate surface area is 170 Å². The van der Waals surface area contributed by atoms with Crippen LogP contribution in [-0.4, -0.2) is 64.8 Å². The van der Waals surface area contributed by atoms with Crippen molar-refractivity contribution in [3.63, 3.8) is 0 Å². The van der Waals surface area contributed by atoms with Crippen LogP contribution < -0.4 is 10.6 Å². The Morgan fingerprint density at radius 1 is 1.04 bits per heavy atom. The second-order valence-electron chi connectivity index (χ2n) is 8.42. The summed E-state index contributed by atoms with van der Waals surface area (Å²) >= 11 is 0. The summed E-state index contributed by atoms with van der Waals surface area (Å²) in [6.07, 6.45) is 3.89. The number of aliphatic imine (C=N–C) groups is 1. The zero-order valence-electron chi connectivity index (χ0n) is 17.8. The van der Waals surface area contributed by atoms with E-state index >= 15 is 0 Å². The fourth-order valence-electron chi connectivity index (χ4n) is 3.32. The average molecular weight is 409 g/mol. The van der Waals surface area contributed by atoms with Crippen LogP contribution in [0, 0.1) is 0 Å². The third-order valence-corrected chi connectivity index (χ3v) is 6.87. The van der Waals surface area contributed by atoms with Gasteiger partial charge in [-0.2, -0.15) is 0 Å². The Morgan fingerprint density at radius 3 is 2.21 bits per heavy atom. The van der Waals surface area contributed by atoms with Crippen molar-refractivity contribution in [3.05, 3.63) is 29.8 Å². The number of nitrogens with zero attached hydrogens (tertiary/aromatic N) is 2. The molecule has 0 bridgehead atoms. The molecule has 1 aromatic carbocycles. The smallest absolute Gasteiger partial charge is 0.191 e. The van der Waals surface area contributed by atoms with E-state index in [9.17, 15) is 8.42 Å². The van der Waals surface area contributed by atoms with Gasteiger partial charge in [0, 0.05) is 26.7 Å². The first-order valence-electron chi connectivity index (χ1n) is 10.2. The third-order valence-electron chi connectivity index (χ3n) is 5.14. The highest BCUT2D eigenvalue weighted by molar-refractivity contribution is 7.91. The Morgan fingerprint density at radius 2 is 1.64 bits per heavy atom. The summed E-state index contributed by atoms with van der Waals surface area (Å²) in [7, 11) is -1.61. The molecule has 0 aromatic heterocycles. The van der Waals surface area contributed by atoms with Gasteiger partial charge in [-0.15, -0.1) is 0 Å². The predicted molar refractivity (Wildman–Crippen MR) is 117 cm³/mol. The molecule has 1 fully saturated rings. The first-order chi connectivity index (χ1) is 13.2. The summed E-state index contributed by atoms with van der Waals surface area (Å²) in [5.74, 6) is 0.685. The van der Waals surface area contributed by atoms with Gasteiger partial charge in [0.25, 0.3) is 0 Å². The lowest BCUT2D eigenvalue weighted by Crippen LogP contribution is -2.43. The molecule has 2 N–H and O–H groups in total. The van der Waals surface area contributed by atoms with E-state index in [1.54, 1.807) is 19.2 Å². The number of hydrogen-bond acceptors (Lipinski definition) is 4. The summed E-state index contributed by atoms with van der Waals surface area (Å²) in [5, 5.41) is 6.38. The summed E-state index contributed by atoms with van der Waals surface area (Å²) in [6.45, 7) is 10.8. The van der Waals surface area contributed by atoms with Gasteiger partial charge in [0.2, 0.25) is 0 Å². The number of sulfone groups is 1. The average Bonchev–Trinajstić information content (AvgIpc) is 2.67. The number of rotatable bonds is 7. The molecule has 1 heterocycles. The van der Waals surface area contributed by atoms with Crippen LogP contribution in [0.3, 0.4) is 0 Å². The van der Waals surface area contributed by atoms with Crippen LogP contribution in [0.2, 0.25) is 0 Å². The summed E-state index contributed by atoms with van der Waals surface area (Å²) in [5.41, 5.74) is 1.14. The highest BCUT2D eigenvalue weighted by Crippen LogP contribution is 2.23. The fraction of sp³-hybridized carbons (Fsp3) is 0.667. The normalized spacial score (nSPS) is 16.8. The SMILES string of the molecule is CN=C(NCCN1CCCCC1)NCCS(=O)(=O)c1ccc(C(C)(C)C)cc1. The lowest BCUT2D eigenvalue weighted by Gasteiger charge is -2.26. The first kappa shape index (κ1) is 22.7. The summed E-state index contributed by atoms with van der Waals surface area (Å²) in [4.78, 5) is 7.01. The van der Waals surface area contributed by atoms with Crippen LogP contribution in [-0.2, 0) is 15.3 Å². The Kier molecular flexibility index (Phi) is 8.31. The molecule has 0 amide bonds. The van der Waals surface area contributed by atoms with E-state index in [-0.39, 0.29) is 11.2 Å². The van der Waals surface area contributed by atoms with Crippen molar-refractivity contribution in [1.82, 2.24) is 15.5 Å². The topological polar surface area (TPSA) is 73.8 Å². The van der Waals surface area contributed by atoms with E-state index in [2.05, 4.69) is 41.3 Å². The van der Waals surface area contributed by atoms with E-state index in [1.807, 2.05) is 12.1 Å². The van der Waals surface area contributed by atoms with Gasteiger partial charge in [-0.05, 0) is 49.0 Å². The molecule has 0 saturated carbocycles. The van der Waals surface area contributed by atoms with Crippen molar-refractivity contribution in [2.75, 3.05) is 45.5 Å². The third kappa shape index (κ3) is 7.09. The molecule has 0 spiro atoms. The van der Waals surface area contributed by atoms with Gasteiger partial charge in [0.05, 0.1) is 10.6 Å². The molecule has 7 heteroatoms. The number of nitrogens with one attached hydrogen (secondary N) is 2. The molecule has 1 aromatic rings. The molecule has 2 rings (SSSR count). The lowest BCUT2D eigenvalue weighted by molar-refractivity contribution is 0.232. The molecule has 1 saturated heterocycles. The molecular formula is C21H36N4O2S. The maximum absolute atomic E-state index is 12.6. The number of benzene rings is 1. The number of hydrogen-bond donors (Lipinski definition) is 2. The van der Waals surface area contributed by atoms with Gasteiger partial charge in [0.15, 0.2) is 15.8 Å². The Bertz CT molecular complexity index is 731. The van der Waals surface area contributed by atoms with Gasteiger partial charge in [-0.3, -0.25) is 4.99 Å². The van der Waals surface area contributed by atoms with Gasteiger partial charge in [-0.25, -0.2) is 8.42 Å². The first-order valence-corrected chi connectivity index (χ1v) is 11.9. The van der Waals surface area contributed by atoms with Crippen molar-refractivity contribution >= 4 is 15.8 Å². The second-order valence-corrected chi connectivity index (χ2v) is 10.5. The van der Waals surface area contributed by atoms with Crippen molar-refractivity contribution in [2.45, 2.75) is 50.3 Å². The van der Waals surface area contributed by atoms with Crippen molar-refractivity contribution in [3.8, 4) is 0 Å². The summed E-state index contributed by atoms with van der Waals surface area (Å²) < 4.78 is 25.2. The van der Waals surface area contributed by atoms with Crippen LogP contribution in [0.4, 0.5) is 0 Å². The lowest BCUT2D eigenvalue weighted by atomic mass is 9.87. The molecule has 1 aliphatic rings. The van der Waals surface area contributed by atoms with Crippen LogP contribution in [0.25, 0.3) is 0 Å². The minimum absolute atomic E-state index is 0.0101. The molecule has 28 heavy (non-hydrogen) atoms. The second kappa shape index (κ2) is 10.3. The van der Waals surface area contributed by atoms with Crippen molar-refractivity contribution < 1.29 is 8.42 Å². The number of guanidine groups is 1. The molecular weight excluding hydrogens is 372 g/mol. The standard InChI is InChI=1S/C21H36N4O2S/c1-21(2,3)18-8-10-19(11-9-18)28(26,27)17-13-24-20(22-4)23-12-16-25-14-6-5-7-15-25/h8-11H,5-7,12-17H2,1-4H3,(H2,22,23,24). The Hall–Kier alpha value is -1.60. The maximum atomic E-state index is 12.6. The van der Waals surface area contributed by atoms with Gasteiger partial charge in [-0.1, -0.05) is 39.3 Å². The number of piperidine rings is 1. The molecule has 0 aliphatic carbocycles. The Balaban J connectivity index is 1.78. The van der Waals surface area contributed by atoms with Crippen LogP contribution in [0.15, 0.2) is 34.2 Å². The highest BCUT2D eigenvalue weighted by Gasteiger charge is 2.18. The van der Waals surface area contributed by atoms with Crippen LogP contribution in [0.5, 0.6) is 0 Å². The fourth-order valence-corrected chi connectivity index (χ4v) is 4.48. The molecule has 6 nitrogen and oxygen atoms in total. The van der Waals surface area contributed by atoms with E-state index in [0.717, 1.165) is 18.7 Å². The van der Waals surface area contributed by atoms with Gasteiger partial charge >= 0.3 is 0 Å². The minimum atomic E-state index is -3.32. The van der Waals surface area contributed by atoms with Gasteiger partial charge < -0.3 is 15.5 Å².